The Hall–Kier alpha value is -3.61. The molecule has 0 aromatic heterocycles. The van der Waals surface area contributed by atoms with Gasteiger partial charge in [0.1, 0.15) is 6.04 Å². The lowest BCUT2D eigenvalue weighted by Gasteiger charge is -2.41. The zero-order chi connectivity index (χ0) is 28.4. The fraction of sp³-hybridized carbons (Fsp3) is 0.423. The normalized spacial score (nSPS) is 23.9. The number of nitrogens with zero attached hydrogens (tertiary/aromatic N) is 1. The minimum Gasteiger partial charge on any atom is -0.352 e. The number of halogens is 3. The van der Waals surface area contributed by atoms with Gasteiger partial charge in [-0.1, -0.05) is 24.3 Å². The Morgan fingerprint density at radius 2 is 1.72 bits per heavy atom. The third kappa shape index (κ3) is 6.70. The molecule has 1 saturated carbocycles. The first-order chi connectivity index (χ1) is 18.3. The van der Waals surface area contributed by atoms with Crippen molar-refractivity contribution in [2.75, 3.05) is 12.3 Å². The summed E-state index contributed by atoms with van der Waals surface area (Å²) in [5, 5.41) is 5.16. The average molecular weight is 567 g/mol. The minimum absolute atomic E-state index is 0.146. The molecule has 1 aliphatic carbocycles. The third-order valence-corrected chi connectivity index (χ3v) is 9.08. The molecule has 2 aromatic rings. The Kier molecular flexibility index (Phi) is 8.19. The van der Waals surface area contributed by atoms with Crippen molar-refractivity contribution in [1.82, 2.24) is 15.5 Å². The number of alkyl halides is 3. The van der Waals surface area contributed by atoms with Gasteiger partial charge in [-0.25, -0.2) is 13.2 Å². The number of nitrogens with two attached hydrogens (primary N) is 1. The monoisotopic (exact) mass is 566 g/mol. The van der Waals surface area contributed by atoms with Gasteiger partial charge in [0.15, 0.2) is 9.84 Å². The van der Waals surface area contributed by atoms with Gasteiger partial charge in [0.05, 0.1) is 16.2 Å². The van der Waals surface area contributed by atoms with Crippen molar-refractivity contribution in [1.29, 1.82) is 0 Å². The van der Waals surface area contributed by atoms with Crippen molar-refractivity contribution in [3.63, 3.8) is 0 Å². The second-order valence-corrected chi connectivity index (χ2v) is 11.9. The van der Waals surface area contributed by atoms with E-state index in [9.17, 15) is 36.0 Å². The summed E-state index contributed by atoms with van der Waals surface area (Å²) in [6, 6.07) is 9.34. The Labute approximate surface area is 223 Å². The van der Waals surface area contributed by atoms with Crippen LogP contribution in [0.25, 0.3) is 0 Å². The number of carbonyl (C=O) groups excluding carboxylic acids is 3. The van der Waals surface area contributed by atoms with Gasteiger partial charge >= 0.3 is 12.2 Å². The van der Waals surface area contributed by atoms with Gasteiger partial charge in [-0.3, -0.25) is 9.59 Å². The molecule has 2 aliphatic rings. The molecule has 2 fully saturated rings. The average Bonchev–Trinajstić information content (AvgIpc) is 3.23. The summed E-state index contributed by atoms with van der Waals surface area (Å²) in [5.41, 5.74) is 4.08. The Bertz CT molecular complexity index is 1340. The van der Waals surface area contributed by atoms with Gasteiger partial charge < -0.3 is 21.3 Å². The number of nitrogens with one attached hydrogen (secondary N) is 2. The minimum atomic E-state index is -4.62. The quantitative estimate of drug-likeness (QED) is 0.473. The molecule has 1 heterocycles. The zero-order valence-electron chi connectivity index (χ0n) is 20.9. The summed E-state index contributed by atoms with van der Waals surface area (Å²) in [5.74, 6) is -2.02. The van der Waals surface area contributed by atoms with Crippen LogP contribution < -0.4 is 16.4 Å². The number of benzene rings is 2. The Morgan fingerprint density at radius 3 is 2.38 bits per heavy atom. The fourth-order valence-corrected chi connectivity index (χ4v) is 7.11. The van der Waals surface area contributed by atoms with E-state index in [2.05, 4.69) is 10.6 Å². The van der Waals surface area contributed by atoms with Crippen LogP contribution in [0.2, 0.25) is 0 Å². The van der Waals surface area contributed by atoms with Crippen molar-refractivity contribution in [3.05, 3.63) is 65.7 Å². The number of sulfone groups is 1. The van der Waals surface area contributed by atoms with Crippen molar-refractivity contribution in [2.24, 2.45) is 11.7 Å². The Morgan fingerprint density at radius 1 is 1.00 bits per heavy atom. The largest absolute Gasteiger partial charge is 0.416 e. The first-order valence-electron chi connectivity index (χ1n) is 12.5. The van der Waals surface area contributed by atoms with E-state index in [0.29, 0.717) is 12.8 Å². The molecule has 210 valence electrons. The van der Waals surface area contributed by atoms with E-state index in [1.165, 1.54) is 18.2 Å². The van der Waals surface area contributed by atoms with Crippen molar-refractivity contribution >= 4 is 27.7 Å². The molecule has 0 bridgehead atoms. The predicted octanol–water partition coefficient (Wildman–Crippen LogP) is 2.72. The van der Waals surface area contributed by atoms with Gasteiger partial charge in [0.25, 0.3) is 5.91 Å². The summed E-state index contributed by atoms with van der Waals surface area (Å²) >= 11 is 0. The maximum absolute atomic E-state index is 13.3. The van der Waals surface area contributed by atoms with Crippen LogP contribution in [-0.4, -0.2) is 61.6 Å². The highest BCUT2D eigenvalue weighted by Gasteiger charge is 2.44. The fourth-order valence-electron chi connectivity index (χ4n) is 5.42. The van der Waals surface area contributed by atoms with Gasteiger partial charge in [-0.05, 0) is 61.9 Å². The van der Waals surface area contributed by atoms with Crippen LogP contribution in [0, 0.1) is 5.92 Å². The molecule has 1 unspecified atom stereocenters. The number of urea groups is 1. The highest BCUT2D eigenvalue weighted by Crippen LogP contribution is 2.34. The van der Waals surface area contributed by atoms with E-state index in [0.717, 1.165) is 18.2 Å². The lowest BCUT2D eigenvalue weighted by molar-refractivity contribution is -0.137. The number of primary amides is 1. The van der Waals surface area contributed by atoms with E-state index in [1.54, 1.807) is 23.1 Å². The first-order valence-corrected chi connectivity index (χ1v) is 14.1. The number of rotatable bonds is 7. The van der Waals surface area contributed by atoms with Gasteiger partial charge in [0.2, 0.25) is 5.91 Å². The molecule has 0 spiro atoms. The van der Waals surface area contributed by atoms with Crippen LogP contribution in [0.5, 0.6) is 0 Å². The molecule has 2 aromatic carbocycles. The second kappa shape index (κ2) is 11.2. The van der Waals surface area contributed by atoms with E-state index in [-0.39, 0.29) is 41.6 Å². The van der Waals surface area contributed by atoms with E-state index in [1.807, 2.05) is 0 Å². The standard InChI is InChI=1S/C26H29F3N4O5S/c27-26(28,29)18-6-4-5-16(13-18)23(34)32-21-11-12-33(24(21)35)22-10-9-19(31-25(30)36)14-17(22)15-39(37,38)20-7-2-1-3-8-20/h1-8,13,17,19,21-22H,9-12,14-15H2,(H,32,34)(H3,30,31,36)/t17-,19+,21-,22?/m0/s1. The maximum atomic E-state index is 13.3. The van der Waals surface area contributed by atoms with Gasteiger partial charge in [-0.15, -0.1) is 0 Å². The Balaban J connectivity index is 1.50. The van der Waals surface area contributed by atoms with Gasteiger partial charge in [0, 0.05) is 24.2 Å². The highest BCUT2D eigenvalue weighted by molar-refractivity contribution is 7.91. The molecule has 0 radical (unpaired) electrons. The molecule has 39 heavy (non-hydrogen) atoms. The zero-order valence-corrected chi connectivity index (χ0v) is 21.7. The molecular formula is C26H29F3N4O5S. The summed E-state index contributed by atoms with van der Waals surface area (Å²) in [7, 11) is -3.72. The smallest absolute Gasteiger partial charge is 0.352 e. The summed E-state index contributed by atoms with van der Waals surface area (Å²) < 4.78 is 65.5. The maximum Gasteiger partial charge on any atom is 0.416 e. The van der Waals surface area contributed by atoms with Crippen molar-refractivity contribution in [3.8, 4) is 0 Å². The van der Waals surface area contributed by atoms with E-state index >= 15 is 0 Å². The summed E-state index contributed by atoms with van der Waals surface area (Å²) in [4.78, 5) is 39.1. The van der Waals surface area contributed by atoms with Crippen LogP contribution >= 0.6 is 0 Å². The van der Waals surface area contributed by atoms with Crippen molar-refractivity contribution in [2.45, 2.75) is 54.9 Å². The van der Waals surface area contributed by atoms with E-state index in [4.69, 9.17) is 5.73 Å². The number of hydrogen-bond donors (Lipinski definition) is 3. The molecule has 1 aliphatic heterocycles. The molecular weight excluding hydrogens is 537 g/mol. The number of carbonyl (C=O) groups is 3. The SMILES string of the molecule is NC(=O)N[C@@H]1CCC(N2CC[C@H](NC(=O)c3cccc(C(F)(F)F)c3)C2=O)[C@H](CS(=O)(=O)c2ccccc2)C1. The summed E-state index contributed by atoms with van der Waals surface area (Å²) in [6.07, 6.45) is -3.24. The summed E-state index contributed by atoms with van der Waals surface area (Å²) in [6.45, 7) is 0.243. The van der Waals surface area contributed by atoms with Gasteiger partial charge in [-0.2, -0.15) is 13.2 Å². The van der Waals surface area contributed by atoms with Crippen LogP contribution in [0.4, 0.5) is 18.0 Å². The first kappa shape index (κ1) is 28.4. The number of amides is 4. The molecule has 1 saturated heterocycles. The van der Waals surface area contributed by atoms with Crippen LogP contribution in [-0.2, 0) is 20.8 Å². The van der Waals surface area contributed by atoms with Crippen molar-refractivity contribution < 1.29 is 36.0 Å². The molecule has 4 amide bonds. The molecule has 4 rings (SSSR count). The number of hydrogen-bond acceptors (Lipinski definition) is 5. The highest BCUT2D eigenvalue weighted by atomic mass is 32.2. The molecule has 4 atom stereocenters. The lowest BCUT2D eigenvalue weighted by Crippen LogP contribution is -2.53. The predicted molar refractivity (Wildman–Crippen MR) is 135 cm³/mol. The second-order valence-electron chi connectivity index (χ2n) is 9.87. The molecule has 9 nitrogen and oxygen atoms in total. The third-order valence-electron chi connectivity index (χ3n) is 7.22. The lowest BCUT2D eigenvalue weighted by atomic mass is 9.81. The van der Waals surface area contributed by atoms with Crippen LogP contribution in [0.15, 0.2) is 59.5 Å². The van der Waals surface area contributed by atoms with E-state index < -0.39 is 57.4 Å². The number of likely N-dealkylation sites (tertiary alicyclic amines) is 1. The topological polar surface area (TPSA) is 139 Å². The molecule has 4 N–H and O–H groups in total. The van der Waals surface area contributed by atoms with Crippen LogP contribution in [0.1, 0.15) is 41.6 Å². The molecule has 13 heteroatoms. The van der Waals surface area contributed by atoms with Crippen LogP contribution in [0.3, 0.4) is 0 Å².